The van der Waals surface area contributed by atoms with Gasteiger partial charge in [-0.3, -0.25) is 0 Å². The topological polar surface area (TPSA) is 55.8 Å². The van der Waals surface area contributed by atoms with Crippen molar-refractivity contribution in [3.8, 4) is 0 Å². The van der Waals surface area contributed by atoms with Crippen LogP contribution < -0.4 is 0 Å². The number of esters is 1. The Morgan fingerprint density at radius 2 is 1.83 bits per heavy atom. The molecular weight excluding hydrogens is 464 g/mol. The Morgan fingerprint density at radius 1 is 1.19 bits per heavy atom. The van der Waals surface area contributed by atoms with E-state index in [1.807, 2.05) is 0 Å². The van der Waals surface area contributed by atoms with Gasteiger partial charge >= 0.3 is 5.97 Å². The number of aliphatic hydroxyl groups excluding tert-OH is 1. The lowest BCUT2D eigenvalue weighted by Crippen LogP contribution is -2.46. The van der Waals surface area contributed by atoms with Crippen LogP contribution in [0.4, 0.5) is 0 Å². The summed E-state index contributed by atoms with van der Waals surface area (Å²) in [6, 6.07) is 0. The van der Waals surface area contributed by atoms with Gasteiger partial charge in [0, 0.05) is 12.2 Å². The summed E-state index contributed by atoms with van der Waals surface area (Å²) >= 11 is 0. The number of ether oxygens (including phenoxy) is 1. The standard InChI is InChI=1S/C31H58O4Si/c1-12-18-31(8)26(21(3)14-17-28(32)34-9)15-16-27(31)25-20-23(35-36(10,11)30(5,6)7)19-22(4)24(13-2)29(25)33/h14,17,21-27,29,33H,12-13,15-16,18-20H2,1-11H3/b17-14+/t21-,22?,23?,24-,25?,26-,27?,29-,31-/m1/s1. The minimum absolute atomic E-state index is 0.133. The van der Waals surface area contributed by atoms with E-state index in [0.717, 1.165) is 44.9 Å². The van der Waals surface area contributed by atoms with Crippen LogP contribution in [-0.2, 0) is 14.0 Å². The van der Waals surface area contributed by atoms with Crippen molar-refractivity contribution in [1.82, 2.24) is 0 Å². The second-order valence-electron chi connectivity index (χ2n) is 14.0. The second kappa shape index (κ2) is 12.5. The Kier molecular flexibility index (Phi) is 10.9. The molecule has 0 radical (unpaired) electrons. The highest BCUT2D eigenvalue weighted by atomic mass is 28.4. The number of carbonyl (C=O) groups is 1. The van der Waals surface area contributed by atoms with Crippen LogP contribution in [0.1, 0.15) is 100 Å². The Morgan fingerprint density at radius 3 is 2.36 bits per heavy atom. The molecule has 9 atom stereocenters. The molecule has 210 valence electrons. The maximum atomic E-state index is 11.9. The molecule has 0 aromatic carbocycles. The maximum Gasteiger partial charge on any atom is 0.330 e. The van der Waals surface area contributed by atoms with Gasteiger partial charge in [-0.25, -0.2) is 4.79 Å². The van der Waals surface area contributed by atoms with Gasteiger partial charge in [0.15, 0.2) is 8.32 Å². The van der Waals surface area contributed by atoms with Crippen LogP contribution in [0.3, 0.4) is 0 Å². The van der Waals surface area contributed by atoms with E-state index in [9.17, 15) is 9.90 Å². The van der Waals surface area contributed by atoms with Gasteiger partial charge in [0.05, 0.1) is 13.2 Å². The molecule has 2 fully saturated rings. The molecule has 4 unspecified atom stereocenters. The summed E-state index contributed by atoms with van der Waals surface area (Å²) in [5.41, 5.74) is 0.133. The van der Waals surface area contributed by atoms with Crippen molar-refractivity contribution in [2.75, 3.05) is 7.11 Å². The Labute approximate surface area is 224 Å². The van der Waals surface area contributed by atoms with E-state index in [0.29, 0.717) is 29.6 Å². The van der Waals surface area contributed by atoms with Crippen LogP contribution in [0.5, 0.6) is 0 Å². The predicted octanol–water partition coefficient (Wildman–Crippen LogP) is 8.01. The Hall–Kier alpha value is -0.653. The first-order valence-corrected chi connectivity index (χ1v) is 17.7. The van der Waals surface area contributed by atoms with Crippen molar-refractivity contribution < 1.29 is 19.1 Å². The lowest BCUT2D eigenvalue weighted by molar-refractivity contribution is -0.134. The molecule has 0 spiro atoms. The molecule has 0 aromatic rings. The first-order valence-electron chi connectivity index (χ1n) is 14.7. The molecule has 2 aliphatic carbocycles. The number of methoxy groups -OCH3 is 1. The van der Waals surface area contributed by atoms with Gasteiger partial charge in [-0.2, -0.15) is 0 Å². The fourth-order valence-corrected chi connectivity index (χ4v) is 9.10. The van der Waals surface area contributed by atoms with E-state index in [2.05, 4.69) is 74.6 Å². The number of hydrogen-bond donors (Lipinski definition) is 1. The molecule has 1 N–H and O–H groups in total. The molecule has 0 aliphatic heterocycles. The van der Waals surface area contributed by atoms with Crippen molar-refractivity contribution >= 4 is 14.3 Å². The Bertz CT molecular complexity index is 741. The third-order valence-electron chi connectivity index (χ3n) is 10.7. The minimum Gasteiger partial charge on any atom is -0.466 e. The van der Waals surface area contributed by atoms with Gasteiger partial charge in [0.1, 0.15) is 0 Å². The summed E-state index contributed by atoms with van der Waals surface area (Å²) in [4.78, 5) is 11.8. The van der Waals surface area contributed by atoms with Gasteiger partial charge in [0.2, 0.25) is 0 Å². The van der Waals surface area contributed by atoms with Crippen molar-refractivity contribution in [2.24, 2.45) is 40.9 Å². The molecule has 0 bridgehead atoms. The largest absolute Gasteiger partial charge is 0.466 e. The summed E-state index contributed by atoms with van der Waals surface area (Å²) in [7, 11) is -0.474. The van der Waals surface area contributed by atoms with Crippen LogP contribution in [-0.4, -0.2) is 38.7 Å². The van der Waals surface area contributed by atoms with Gasteiger partial charge < -0.3 is 14.3 Å². The molecule has 2 aliphatic rings. The molecule has 0 aromatic heterocycles. The first kappa shape index (κ1) is 31.6. The predicted molar refractivity (Wildman–Crippen MR) is 153 cm³/mol. The van der Waals surface area contributed by atoms with E-state index in [1.54, 1.807) is 6.08 Å². The van der Waals surface area contributed by atoms with Crippen LogP contribution >= 0.6 is 0 Å². The molecule has 0 amide bonds. The fourth-order valence-electron chi connectivity index (χ4n) is 7.72. The normalized spacial score (nSPS) is 37.2. The molecular formula is C31H58O4Si. The number of rotatable bonds is 9. The third-order valence-corrected chi connectivity index (χ3v) is 15.2. The van der Waals surface area contributed by atoms with Crippen molar-refractivity contribution in [3.05, 3.63) is 12.2 Å². The summed E-state index contributed by atoms with van der Waals surface area (Å²) in [5, 5.41) is 12.1. The van der Waals surface area contributed by atoms with Gasteiger partial charge in [0.25, 0.3) is 0 Å². The molecule has 36 heavy (non-hydrogen) atoms. The highest BCUT2D eigenvalue weighted by Crippen LogP contribution is 2.59. The summed E-state index contributed by atoms with van der Waals surface area (Å²) in [6.45, 7) is 23.3. The van der Waals surface area contributed by atoms with Gasteiger partial charge in [-0.15, -0.1) is 0 Å². The van der Waals surface area contributed by atoms with E-state index in [-0.39, 0.29) is 34.5 Å². The summed E-state index contributed by atoms with van der Waals surface area (Å²) in [5.74, 6) is 2.03. The molecule has 0 saturated heterocycles. The molecule has 4 nitrogen and oxygen atoms in total. The number of carbonyl (C=O) groups excluding carboxylic acids is 1. The minimum atomic E-state index is -1.91. The number of hydrogen-bond acceptors (Lipinski definition) is 4. The highest BCUT2D eigenvalue weighted by Gasteiger charge is 2.54. The van der Waals surface area contributed by atoms with Gasteiger partial charge in [-0.1, -0.05) is 74.3 Å². The van der Waals surface area contributed by atoms with E-state index < -0.39 is 8.32 Å². The first-order chi connectivity index (χ1) is 16.6. The van der Waals surface area contributed by atoms with E-state index in [1.165, 1.54) is 7.11 Å². The van der Waals surface area contributed by atoms with Crippen LogP contribution in [0.15, 0.2) is 12.2 Å². The van der Waals surface area contributed by atoms with Crippen LogP contribution in [0.2, 0.25) is 18.1 Å². The molecule has 2 rings (SSSR count). The van der Waals surface area contributed by atoms with E-state index in [4.69, 9.17) is 9.16 Å². The highest BCUT2D eigenvalue weighted by molar-refractivity contribution is 6.74. The van der Waals surface area contributed by atoms with E-state index >= 15 is 0 Å². The van der Waals surface area contributed by atoms with Crippen molar-refractivity contribution in [2.45, 2.75) is 131 Å². The summed E-state index contributed by atoms with van der Waals surface area (Å²) in [6.07, 6.45) is 11.2. The summed E-state index contributed by atoms with van der Waals surface area (Å²) < 4.78 is 11.9. The maximum absolute atomic E-state index is 11.9. The van der Waals surface area contributed by atoms with Crippen LogP contribution in [0, 0.1) is 40.9 Å². The quantitative estimate of drug-likeness (QED) is 0.144. The lowest BCUT2D eigenvalue weighted by Gasteiger charge is -2.45. The Balaban J connectivity index is 2.42. The van der Waals surface area contributed by atoms with Crippen molar-refractivity contribution in [1.29, 1.82) is 0 Å². The second-order valence-corrected chi connectivity index (χ2v) is 18.7. The number of aliphatic hydroxyl groups is 1. The lowest BCUT2D eigenvalue weighted by atomic mass is 9.61. The van der Waals surface area contributed by atoms with Gasteiger partial charge in [-0.05, 0) is 91.2 Å². The monoisotopic (exact) mass is 522 g/mol. The third kappa shape index (κ3) is 6.85. The molecule has 0 heterocycles. The number of allylic oxidation sites excluding steroid dienone is 1. The molecule has 5 heteroatoms. The SMILES string of the molecule is CCC[C@@]1(C)C(C2CC(O[Si](C)(C)C(C)(C)C)CC(C)[C@@H](CC)[C@H]2O)CC[C@@H]1[C@H](C)/C=C/C(=O)OC. The smallest absolute Gasteiger partial charge is 0.330 e. The van der Waals surface area contributed by atoms with Crippen molar-refractivity contribution in [3.63, 3.8) is 0 Å². The zero-order chi connectivity index (χ0) is 27.5. The van der Waals surface area contributed by atoms with Crippen LogP contribution in [0.25, 0.3) is 0 Å². The average molecular weight is 523 g/mol. The molecule has 2 saturated carbocycles. The zero-order valence-corrected chi connectivity index (χ0v) is 26.4. The zero-order valence-electron chi connectivity index (χ0n) is 25.4. The fraction of sp³-hybridized carbons (Fsp3) is 0.903. The average Bonchev–Trinajstić information content (AvgIpc) is 3.05.